The van der Waals surface area contributed by atoms with Crippen LogP contribution in [-0.2, 0) is 35.7 Å². The molecular weight excluding hydrogens is 501 g/mol. The van der Waals surface area contributed by atoms with Gasteiger partial charge in [-0.25, -0.2) is 18.6 Å². The van der Waals surface area contributed by atoms with Crippen molar-refractivity contribution in [2.45, 2.75) is 51.5 Å². The summed E-state index contributed by atoms with van der Waals surface area (Å²) in [6, 6.07) is 0.117. The van der Waals surface area contributed by atoms with Crippen molar-refractivity contribution < 1.29 is 41.2 Å². The molecule has 1 spiro atoms. The molecule has 0 aliphatic carbocycles. The number of morpholine rings is 1. The first-order chi connectivity index (χ1) is 16.9. The fraction of sp³-hybridized carbons (Fsp3) is 0.524. The lowest BCUT2D eigenvalue weighted by Gasteiger charge is -2.55. The van der Waals surface area contributed by atoms with Gasteiger partial charge < -0.3 is 18.9 Å². The van der Waals surface area contributed by atoms with Crippen molar-refractivity contribution in [3.8, 4) is 0 Å². The fourth-order valence-corrected chi connectivity index (χ4v) is 6.82. The number of halogens is 1. The van der Waals surface area contributed by atoms with E-state index in [-0.39, 0.29) is 53.7 Å². The molecule has 2 aromatic rings. The van der Waals surface area contributed by atoms with E-state index in [1.54, 1.807) is 25.7 Å². The zero-order valence-electron chi connectivity index (χ0n) is 19.4. The highest BCUT2D eigenvalue weighted by atomic mass is 32.2. The number of carbonyl (C=O) groups is 3. The largest absolute Gasteiger partial charge is 0.447 e. The topological polar surface area (TPSA) is 160 Å². The van der Waals surface area contributed by atoms with Crippen LogP contribution in [0.25, 0.3) is 11.0 Å². The first-order valence-electron chi connectivity index (χ1n) is 11.3. The zero-order chi connectivity index (χ0) is 25.7. The Kier molecular flexibility index (Phi) is 4.65. The summed E-state index contributed by atoms with van der Waals surface area (Å²) in [7, 11) is -4.38. The average molecular weight is 523 g/mol. The standard InChI is InChI=1S/C21H22FN5O8S/c1-8-7-33-20(30)27(8)17-12-4-11-5-21(18(28)24-36(31,32)25-19(21)29)16-10(3)34-9(2)6-26(16)14(11)13(22)15(12)35-23-17/h4,8-10,16H,5-7H2,1-3H3,(H,24,28)(H,25,29)/t8-,9+,10-,16+/m0/s1. The summed E-state index contributed by atoms with van der Waals surface area (Å²) in [5, 5.41) is 4.08. The highest BCUT2D eigenvalue weighted by molar-refractivity contribution is 7.88. The van der Waals surface area contributed by atoms with E-state index in [4.69, 9.17) is 14.0 Å². The number of anilines is 2. The third-order valence-corrected chi connectivity index (χ3v) is 8.17. The number of hydrogen-bond acceptors (Lipinski definition) is 10. The van der Waals surface area contributed by atoms with Crippen LogP contribution < -0.4 is 19.2 Å². The quantitative estimate of drug-likeness (QED) is 0.499. The van der Waals surface area contributed by atoms with E-state index >= 15 is 4.39 Å². The molecule has 3 amide bonds. The van der Waals surface area contributed by atoms with Gasteiger partial charge in [0.2, 0.25) is 5.58 Å². The number of fused-ring (bicyclic) bond motifs is 5. The number of carbonyl (C=O) groups excluding carboxylic acids is 3. The van der Waals surface area contributed by atoms with Crippen molar-refractivity contribution in [3.63, 3.8) is 0 Å². The number of rotatable bonds is 1. The number of ether oxygens (including phenoxy) is 2. The summed E-state index contributed by atoms with van der Waals surface area (Å²) in [5.74, 6) is -2.78. The van der Waals surface area contributed by atoms with Gasteiger partial charge in [0.05, 0.1) is 35.4 Å². The monoisotopic (exact) mass is 523 g/mol. The minimum Gasteiger partial charge on any atom is -0.447 e. The average Bonchev–Trinajstić information content (AvgIpc) is 3.33. The molecule has 4 aliphatic rings. The van der Waals surface area contributed by atoms with E-state index in [1.165, 1.54) is 11.0 Å². The van der Waals surface area contributed by atoms with Crippen molar-refractivity contribution in [1.82, 2.24) is 14.6 Å². The van der Waals surface area contributed by atoms with E-state index in [0.717, 1.165) is 0 Å². The Morgan fingerprint density at radius 2 is 1.86 bits per heavy atom. The Bertz CT molecular complexity index is 1430. The molecule has 0 bridgehead atoms. The van der Waals surface area contributed by atoms with E-state index in [2.05, 4.69) is 5.16 Å². The highest BCUT2D eigenvalue weighted by Crippen LogP contribution is 2.50. The summed E-state index contributed by atoms with van der Waals surface area (Å²) >= 11 is 0. The Labute approximate surface area is 204 Å². The van der Waals surface area contributed by atoms with Gasteiger partial charge in [-0.15, -0.1) is 0 Å². The van der Waals surface area contributed by atoms with Gasteiger partial charge in [0.1, 0.15) is 6.61 Å². The lowest BCUT2D eigenvalue weighted by atomic mass is 9.67. The first kappa shape index (κ1) is 23.0. The van der Waals surface area contributed by atoms with Crippen molar-refractivity contribution >= 4 is 50.6 Å². The van der Waals surface area contributed by atoms with Crippen LogP contribution in [0.5, 0.6) is 0 Å². The predicted molar refractivity (Wildman–Crippen MR) is 120 cm³/mol. The van der Waals surface area contributed by atoms with Gasteiger partial charge >= 0.3 is 16.3 Å². The van der Waals surface area contributed by atoms with Crippen LogP contribution in [0.2, 0.25) is 0 Å². The van der Waals surface area contributed by atoms with E-state index in [1.807, 2.05) is 9.44 Å². The zero-order valence-corrected chi connectivity index (χ0v) is 20.2. The number of hydrogen-bond donors (Lipinski definition) is 2. The van der Waals surface area contributed by atoms with Crippen LogP contribution in [0, 0.1) is 11.2 Å². The molecule has 15 heteroatoms. The lowest BCUT2D eigenvalue weighted by molar-refractivity contribution is -0.151. The second kappa shape index (κ2) is 7.29. The molecule has 4 aliphatic heterocycles. The van der Waals surface area contributed by atoms with E-state index < -0.39 is 57.6 Å². The molecule has 2 N–H and O–H groups in total. The summed E-state index contributed by atoms with van der Waals surface area (Å²) in [6.07, 6.45) is -2.12. The summed E-state index contributed by atoms with van der Waals surface area (Å²) in [4.78, 5) is 41.7. The van der Waals surface area contributed by atoms with Crippen molar-refractivity contribution in [1.29, 1.82) is 0 Å². The molecule has 0 saturated carbocycles. The molecule has 3 saturated heterocycles. The second-order valence-corrected chi connectivity index (χ2v) is 11.1. The lowest BCUT2D eigenvalue weighted by Crippen LogP contribution is -2.75. The summed E-state index contributed by atoms with van der Waals surface area (Å²) < 4.78 is 60.2. The van der Waals surface area contributed by atoms with Gasteiger partial charge in [-0.1, -0.05) is 5.16 Å². The minimum atomic E-state index is -4.38. The van der Waals surface area contributed by atoms with Crippen LogP contribution in [0.3, 0.4) is 0 Å². The van der Waals surface area contributed by atoms with Crippen molar-refractivity contribution in [3.05, 3.63) is 17.4 Å². The third kappa shape index (κ3) is 2.92. The van der Waals surface area contributed by atoms with Crippen LogP contribution >= 0.6 is 0 Å². The first-order valence-corrected chi connectivity index (χ1v) is 12.8. The van der Waals surface area contributed by atoms with Crippen LogP contribution in [0.1, 0.15) is 26.3 Å². The molecule has 192 valence electrons. The smallest absolute Gasteiger partial charge is 0.416 e. The molecule has 5 heterocycles. The highest BCUT2D eigenvalue weighted by Gasteiger charge is 2.64. The molecule has 4 atom stereocenters. The number of benzene rings is 1. The third-order valence-electron chi connectivity index (χ3n) is 7.26. The molecule has 13 nitrogen and oxygen atoms in total. The SMILES string of the molecule is C[C@@H]1CN2c3c(cc4c(N5C(=O)OC[C@@H]5C)noc4c3F)CC3(C(=O)NS(=O)(=O)NC3=O)[C@H]2[C@H](C)O1. The van der Waals surface area contributed by atoms with Crippen LogP contribution in [0.15, 0.2) is 10.6 Å². The maximum absolute atomic E-state index is 16.1. The number of nitrogens with one attached hydrogen (secondary N) is 2. The van der Waals surface area contributed by atoms with E-state index in [9.17, 15) is 22.8 Å². The molecule has 1 aromatic carbocycles. The fourth-order valence-electron chi connectivity index (χ4n) is 5.91. The van der Waals surface area contributed by atoms with Gasteiger partial charge in [-0.3, -0.25) is 14.5 Å². The molecular formula is C21H22FN5O8S. The summed E-state index contributed by atoms with van der Waals surface area (Å²) in [5.41, 5.74) is -1.77. The molecule has 1 aromatic heterocycles. The number of cyclic esters (lactones) is 1. The second-order valence-electron chi connectivity index (χ2n) is 9.64. The molecule has 0 radical (unpaired) electrons. The maximum Gasteiger partial charge on any atom is 0.416 e. The molecule has 3 fully saturated rings. The number of aromatic nitrogens is 1. The summed E-state index contributed by atoms with van der Waals surface area (Å²) in [6.45, 7) is 5.38. The van der Waals surface area contributed by atoms with Crippen LogP contribution in [0.4, 0.5) is 20.7 Å². The Balaban J connectivity index is 1.59. The Hall–Kier alpha value is -3.46. The van der Waals surface area contributed by atoms with Gasteiger partial charge in [0, 0.05) is 13.0 Å². The van der Waals surface area contributed by atoms with Crippen LogP contribution in [-0.4, -0.2) is 68.9 Å². The van der Waals surface area contributed by atoms with Gasteiger partial charge in [-0.2, -0.15) is 8.42 Å². The number of amides is 3. The van der Waals surface area contributed by atoms with Gasteiger partial charge in [0.15, 0.2) is 17.1 Å². The Morgan fingerprint density at radius 3 is 2.50 bits per heavy atom. The maximum atomic E-state index is 16.1. The van der Waals surface area contributed by atoms with Gasteiger partial charge in [0.25, 0.3) is 11.8 Å². The normalized spacial score (nSPS) is 30.6. The molecule has 6 rings (SSSR count). The van der Waals surface area contributed by atoms with Crippen molar-refractivity contribution in [2.75, 3.05) is 23.0 Å². The van der Waals surface area contributed by atoms with Gasteiger partial charge in [-0.05, 0) is 32.4 Å². The van der Waals surface area contributed by atoms with E-state index in [0.29, 0.717) is 0 Å². The molecule has 36 heavy (non-hydrogen) atoms. The Morgan fingerprint density at radius 1 is 1.17 bits per heavy atom. The minimum absolute atomic E-state index is 0.0433. The number of nitrogens with zero attached hydrogens (tertiary/aromatic N) is 3. The van der Waals surface area contributed by atoms with Crippen molar-refractivity contribution in [2.24, 2.45) is 5.41 Å². The predicted octanol–water partition coefficient (Wildman–Crippen LogP) is 0.328. The molecule has 0 unspecified atom stereocenters.